The second kappa shape index (κ2) is 7.18. The topological polar surface area (TPSA) is 59.2 Å². The van der Waals surface area contributed by atoms with Crippen LogP contribution in [0.5, 0.6) is 0 Å². The summed E-state index contributed by atoms with van der Waals surface area (Å²) in [6, 6.07) is 18.5. The van der Waals surface area contributed by atoms with Gasteiger partial charge in [-0.25, -0.2) is 4.79 Å². The monoisotopic (exact) mass is 333 g/mol. The number of carbonyl (C=O) groups excluding carboxylic acids is 1. The number of aryl methyl sites for hydroxylation is 1. The van der Waals surface area contributed by atoms with Gasteiger partial charge in [-0.15, -0.1) is 0 Å². The molecule has 0 unspecified atom stereocenters. The summed E-state index contributed by atoms with van der Waals surface area (Å²) in [5, 5.41) is 0. The van der Waals surface area contributed by atoms with Crippen molar-refractivity contribution in [1.82, 2.24) is 4.98 Å². The molecular weight excluding hydrogens is 314 g/mol. The van der Waals surface area contributed by atoms with Crippen LogP contribution in [0.1, 0.15) is 22.8 Å². The molecule has 0 spiro atoms. The molecule has 2 aromatic carbocycles. The fraction of sp³-hybridized carbons (Fsp3) is 0.143. The number of benzene rings is 2. The Morgan fingerprint density at radius 2 is 1.68 bits per heavy atom. The molecule has 3 rings (SSSR count). The largest absolute Gasteiger partial charge is 0.462 e. The van der Waals surface area contributed by atoms with Crippen molar-refractivity contribution in [3.63, 3.8) is 0 Å². The summed E-state index contributed by atoms with van der Waals surface area (Å²) >= 11 is 0. The smallest absolute Gasteiger partial charge is 0.340 e. The van der Waals surface area contributed by atoms with Gasteiger partial charge in [-0.2, -0.15) is 0 Å². The molecule has 126 valence electrons. The van der Waals surface area contributed by atoms with Crippen molar-refractivity contribution < 1.29 is 9.53 Å². The summed E-state index contributed by atoms with van der Waals surface area (Å²) < 4.78 is 5.27. The summed E-state index contributed by atoms with van der Waals surface area (Å²) in [6.07, 6.45) is 0. The maximum atomic E-state index is 12.7. The molecule has 0 aliphatic rings. The fourth-order valence-electron chi connectivity index (χ4n) is 2.88. The number of pyridine rings is 1. The molecule has 0 amide bonds. The quantitative estimate of drug-likeness (QED) is 0.728. The van der Waals surface area contributed by atoms with Crippen LogP contribution in [0, 0.1) is 6.92 Å². The average Bonchev–Trinajstić information content (AvgIpc) is 2.62. The van der Waals surface area contributed by atoms with E-state index in [0.717, 1.165) is 16.7 Å². The molecule has 1 heterocycles. The molecule has 0 aliphatic heterocycles. The van der Waals surface area contributed by atoms with Gasteiger partial charge < -0.3 is 9.72 Å². The van der Waals surface area contributed by atoms with Gasteiger partial charge in [0, 0.05) is 17.2 Å². The van der Waals surface area contributed by atoms with Crippen LogP contribution in [0.3, 0.4) is 0 Å². The van der Waals surface area contributed by atoms with Crippen LogP contribution in [-0.2, 0) is 4.74 Å². The van der Waals surface area contributed by atoms with E-state index in [9.17, 15) is 9.59 Å². The highest BCUT2D eigenvalue weighted by Crippen LogP contribution is 2.31. The van der Waals surface area contributed by atoms with Crippen molar-refractivity contribution in [3.05, 3.63) is 82.1 Å². The number of hydrogen-bond donors (Lipinski definition) is 1. The normalized spacial score (nSPS) is 10.5. The van der Waals surface area contributed by atoms with Crippen molar-refractivity contribution in [1.29, 1.82) is 0 Å². The third-order valence-electron chi connectivity index (χ3n) is 4.02. The second-order valence-corrected chi connectivity index (χ2v) is 5.70. The summed E-state index contributed by atoms with van der Waals surface area (Å²) in [4.78, 5) is 27.8. The molecule has 0 bridgehead atoms. The predicted molar refractivity (Wildman–Crippen MR) is 98.6 cm³/mol. The van der Waals surface area contributed by atoms with E-state index in [4.69, 9.17) is 4.74 Å². The summed E-state index contributed by atoms with van der Waals surface area (Å²) in [5.41, 5.74) is 3.75. The Kier molecular flexibility index (Phi) is 4.80. The maximum Gasteiger partial charge on any atom is 0.340 e. The summed E-state index contributed by atoms with van der Waals surface area (Å²) in [7, 11) is 0. The number of ether oxygens (including phenoxy) is 1. The highest BCUT2D eigenvalue weighted by Gasteiger charge is 2.22. The molecule has 0 atom stereocenters. The molecule has 0 fully saturated rings. The van der Waals surface area contributed by atoms with Crippen LogP contribution >= 0.6 is 0 Å². The Morgan fingerprint density at radius 3 is 2.36 bits per heavy atom. The van der Waals surface area contributed by atoms with Crippen LogP contribution in [0.4, 0.5) is 0 Å². The first-order valence-corrected chi connectivity index (χ1v) is 8.17. The average molecular weight is 333 g/mol. The lowest BCUT2D eigenvalue weighted by Gasteiger charge is -2.15. The minimum absolute atomic E-state index is 0.259. The van der Waals surface area contributed by atoms with E-state index in [0.29, 0.717) is 16.8 Å². The van der Waals surface area contributed by atoms with Crippen LogP contribution in [0.25, 0.3) is 22.4 Å². The number of esters is 1. The first-order valence-electron chi connectivity index (χ1n) is 8.17. The first-order chi connectivity index (χ1) is 12.1. The Morgan fingerprint density at radius 1 is 1.00 bits per heavy atom. The summed E-state index contributed by atoms with van der Waals surface area (Å²) in [6.45, 7) is 3.97. The molecule has 0 radical (unpaired) electrons. The molecular formula is C21H19NO3. The zero-order valence-corrected chi connectivity index (χ0v) is 14.2. The highest BCUT2D eigenvalue weighted by molar-refractivity contribution is 6.03. The van der Waals surface area contributed by atoms with Gasteiger partial charge in [0.25, 0.3) is 0 Å². The number of hydrogen-bond acceptors (Lipinski definition) is 3. The zero-order valence-electron chi connectivity index (χ0n) is 14.2. The molecule has 4 heteroatoms. The first kappa shape index (κ1) is 16.7. The van der Waals surface area contributed by atoms with Gasteiger partial charge >= 0.3 is 5.97 Å². The van der Waals surface area contributed by atoms with Gasteiger partial charge in [0.1, 0.15) is 0 Å². The van der Waals surface area contributed by atoms with Crippen LogP contribution in [-0.4, -0.2) is 17.6 Å². The predicted octanol–water partition coefficient (Wildman–Crippen LogP) is 4.19. The van der Waals surface area contributed by atoms with Gasteiger partial charge in [0.2, 0.25) is 5.56 Å². The lowest BCUT2D eigenvalue weighted by Crippen LogP contribution is -2.16. The third kappa shape index (κ3) is 3.38. The zero-order chi connectivity index (χ0) is 17.8. The van der Waals surface area contributed by atoms with Crippen molar-refractivity contribution in [2.24, 2.45) is 0 Å². The van der Waals surface area contributed by atoms with Crippen LogP contribution < -0.4 is 5.56 Å². The van der Waals surface area contributed by atoms with Crippen molar-refractivity contribution in [2.75, 3.05) is 6.61 Å². The van der Waals surface area contributed by atoms with Gasteiger partial charge in [0.05, 0.1) is 17.9 Å². The molecule has 0 aliphatic carbocycles. The van der Waals surface area contributed by atoms with E-state index >= 15 is 0 Å². The second-order valence-electron chi connectivity index (χ2n) is 5.70. The lowest BCUT2D eigenvalue weighted by molar-refractivity contribution is 0.0528. The van der Waals surface area contributed by atoms with Gasteiger partial charge in [-0.3, -0.25) is 4.79 Å². The Bertz CT molecular complexity index is 958. The van der Waals surface area contributed by atoms with E-state index in [1.807, 2.05) is 61.5 Å². The Labute approximate surface area is 146 Å². The standard InChI is InChI=1S/C21H19NO3/c1-3-25-21(24)19-17(15-10-5-4-6-11-15)13-18(23)22-20(19)16-12-8-7-9-14(16)2/h4-13H,3H2,1-2H3,(H,22,23). The van der Waals surface area contributed by atoms with E-state index < -0.39 is 5.97 Å². The number of H-pyrrole nitrogens is 1. The fourth-order valence-corrected chi connectivity index (χ4v) is 2.88. The number of aromatic amines is 1. The summed E-state index contributed by atoms with van der Waals surface area (Å²) in [5.74, 6) is -0.448. The van der Waals surface area contributed by atoms with E-state index in [1.54, 1.807) is 6.92 Å². The van der Waals surface area contributed by atoms with Crippen molar-refractivity contribution in [2.45, 2.75) is 13.8 Å². The van der Waals surface area contributed by atoms with Crippen LogP contribution in [0.15, 0.2) is 65.5 Å². The third-order valence-corrected chi connectivity index (χ3v) is 4.02. The number of carbonyl (C=O) groups is 1. The molecule has 3 aromatic rings. The Hall–Kier alpha value is -3.14. The van der Waals surface area contributed by atoms with Crippen LogP contribution in [0.2, 0.25) is 0 Å². The van der Waals surface area contributed by atoms with E-state index in [-0.39, 0.29) is 12.2 Å². The minimum atomic E-state index is -0.448. The molecule has 0 saturated carbocycles. The maximum absolute atomic E-state index is 12.7. The SMILES string of the molecule is CCOC(=O)c1c(-c2ccccc2)cc(=O)[nH]c1-c1ccccc1C. The van der Waals surface area contributed by atoms with Crippen molar-refractivity contribution >= 4 is 5.97 Å². The molecule has 4 nitrogen and oxygen atoms in total. The molecule has 1 N–H and O–H groups in total. The molecule has 1 aromatic heterocycles. The molecule has 0 saturated heterocycles. The molecule has 25 heavy (non-hydrogen) atoms. The van der Waals surface area contributed by atoms with Crippen molar-refractivity contribution in [3.8, 4) is 22.4 Å². The van der Waals surface area contributed by atoms with Gasteiger partial charge in [-0.05, 0) is 25.0 Å². The van der Waals surface area contributed by atoms with E-state index in [2.05, 4.69) is 4.98 Å². The Balaban J connectivity index is 2.35. The number of rotatable bonds is 4. The number of aromatic nitrogens is 1. The number of nitrogens with one attached hydrogen (secondary N) is 1. The van der Waals surface area contributed by atoms with Gasteiger partial charge in [0.15, 0.2) is 0 Å². The van der Waals surface area contributed by atoms with E-state index in [1.165, 1.54) is 6.07 Å². The lowest BCUT2D eigenvalue weighted by atomic mass is 9.94. The van der Waals surface area contributed by atoms with Gasteiger partial charge in [-0.1, -0.05) is 54.6 Å². The highest BCUT2D eigenvalue weighted by atomic mass is 16.5. The minimum Gasteiger partial charge on any atom is -0.462 e.